The summed E-state index contributed by atoms with van der Waals surface area (Å²) in [5.74, 6) is 0.888. The molecular formula is C16H19NO5S. The van der Waals surface area contributed by atoms with Crippen LogP contribution in [0.25, 0.3) is 0 Å². The molecule has 124 valence electrons. The fraction of sp³-hybridized carbons (Fsp3) is 0.250. The van der Waals surface area contributed by atoms with Gasteiger partial charge < -0.3 is 10.5 Å². The molecule has 0 bridgehead atoms. The van der Waals surface area contributed by atoms with Gasteiger partial charge in [0, 0.05) is 5.92 Å². The van der Waals surface area contributed by atoms with Gasteiger partial charge in [0.15, 0.2) is 0 Å². The molecule has 2 atom stereocenters. The second-order valence-corrected chi connectivity index (χ2v) is 6.04. The van der Waals surface area contributed by atoms with Crippen LogP contribution in [0.15, 0.2) is 54.6 Å². The molecule has 0 aromatic heterocycles. The maximum Gasteiger partial charge on any atom is 0.398 e. The maximum absolute atomic E-state index is 10.8. The van der Waals surface area contributed by atoms with E-state index in [1.807, 2.05) is 37.3 Å². The summed E-state index contributed by atoms with van der Waals surface area (Å²) >= 11 is 0. The minimum absolute atomic E-state index is 0.406. The molecular weight excluding hydrogens is 318 g/mol. The van der Waals surface area contributed by atoms with E-state index >= 15 is 0 Å². The lowest BCUT2D eigenvalue weighted by Crippen LogP contribution is -2.33. The molecule has 0 amide bonds. The van der Waals surface area contributed by atoms with Gasteiger partial charge in [-0.1, -0.05) is 37.3 Å². The van der Waals surface area contributed by atoms with E-state index < -0.39 is 22.5 Å². The number of hydrogen-bond donors (Lipinski definition) is 2. The Morgan fingerprint density at radius 1 is 1.09 bits per heavy atom. The molecule has 0 fully saturated rings. The normalized spacial score (nSPS) is 14.2. The number of para-hydroxylation sites is 1. The molecule has 0 saturated carbocycles. The lowest BCUT2D eigenvalue weighted by molar-refractivity contribution is 0.158. The van der Waals surface area contributed by atoms with E-state index in [9.17, 15) is 8.42 Å². The van der Waals surface area contributed by atoms with Crippen LogP contribution in [0, 0.1) is 0 Å². The molecule has 0 radical (unpaired) electrons. The number of benzene rings is 2. The first kappa shape index (κ1) is 17.4. The Morgan fingerprint density at radius 3 is 2.35 bits per heavy atom. The Kier molecular flexibility index (Phi) is 5.73. The van der Waals surface area contributed by atoms with Crippen molar-refractivity contribution in [2.24, 2.45) is 5.73 Å². The quantitative estimate of drug-likeness (QED) is 0.595. The summed E-state index contributed by atoms with van der Waals surface area (Å²) in [7, 11) is -4.60. The van der Waals surface area contributed by atoms with Gasteiger partial charge in [-0.15, -0.1) is 0 Å². The molecule has 2 rings (SSSR count). The van der Waals surface area contributed by atoms with Crippen molar-refractivity contribution in [3.8, 4) is 11.5 Å². The first-order valence-corrected chi connectivity index (χ1v) is 8.49. The molecule has 3 N–H and O–H groups in total. The molecule has 7 heteroatoms. The van der Waals surface area contributed by atoms with Crippen LogP contribution in [0.4, 0.5) is 0 Å². The summed E-state index contributed by atoms with van der Waals surface area (Å²) in [6.45, 7) is 1.85. The fourth-order valence-corrected chi connectivity index (χ4v) is 2.71. The zero-order valence-electron chi connectivity index (χ0n) is 12.6. The number of nitrogens with two attached hydrogens (primary N) is 1. The van der Waals surface area contributed by atoms with E-state index in [0.29, 0.717) is 17.9 Å². The predicted molar refractivity (Wildman–Crippen MR) is 86.6 cm³/mol. The average Bonchev–Trinajstić information content (AvgIpc) is 2.47. The van der Waals surface area contributed by atoms with E-state index in [2.05, 4.69) is 4.18 Å². The monoisotopic (exact) mass is 337 g/mol. The highest BCUT2D eigenvalue weighted by Crippen LogP contribution is 2.29. The maximum atomic E-state index is 10.8. The lowest BCUT2D eigenvalue weighted by Gasteiger charge is -2.22. The molecule has 2 aromatic carbocycles. The summed E-state index contributed by atoms with van der Waals surface area (Å²) in [5.41, 5.74) is 6.51. The van der Waals surface area contributed by atoms with Crippen molar-refractivity contribution in [3.63, 3.8) is 0 Å². The average molecular weight is 337 g/mol. The first-order chi connectivity index (χ1) is 10.9. The Morgan fingerprint density at radius 2 is 1.74 bits per heavy atom. The van der Waals surface area contributed by atoms with E-state index in [1.54, 1.807) is 24.3 Å². The van der Waals surface area contributed by atoms with Gasteiger partial charge in [0.1, 0.15) is 17.7 Å². The van der Waals surface area contributed by atoms with Crippen LogP contribution in [0.1, 0.15) is 24.8 Å². The van der Waals surface area contributed by atoms with Crippen molar-refractivity contribution in [1.82, 2.24) is 0 Å². The summed E-state index contributed by atoms with van der Waals surface area (Å²) in [5, 5.41) is 0. The lowest BCUT2D eigenvalue weighted by atomic mass is 9.95. The summed E-state index contributed by atoms with van der Waals surface area (Å²) in [6.07, 6.45) is -0.646. The number of hydrogen-bond acceptors (Lipinski definition) is 5. The Balaban J connectivity index is 2.19. The second kappa shape index (κ2) is 7.56. The minimum Gasteiger partial charge on any atom is -0.457 e. The van der Waals surface area contributed by atoms with Crippen LogP contribution >= 0.6 is 0 Å². The smallest absolute Gasteiger partial charge is 0.398 e. The van der Waals surface area contributed by atoms with Gasteiger partial charge in [0.25, 0.3) is 0 Å². The van der Waals surface area contributed by atoms with E-state index in [-0.39, 0.29) is 0 Å². The molecule has 0 saturated heterocycles. The Bertz CT molecular complexity index is 733. The van der Waals surface area contributed by atoms with Gasteiger partial charge in [-0.2, -0.15) is 8.42 Å². The highest BCUT2D eigenvalue weighted by molar-refractivity contribution is 7.80. The van der Waals surface area contributed by atoms with Gasteiger partial charge in [-0.05, 0) is 36.2 Å². The van der Waals surface area contributed by atoms with E-state index in [0.717, 1.165) is 5.56 Å². The van der Waals surface area contributed by atoms with Crippen LogP contribution in [0.5, 0.6) is 11.5 Å². The first-order valence-electron chi connectivity index (χ1n) is 7.13. The zero-order chi connectivity index (χ0) is 16.9. The van der Waals surface area contributed by atoms with E-state index in [1.165, 1.54) is 0 Å². The molecule has 0 aliphatic rings. The second-order valence-electron chi connectivity index (χ2n) is 4.99. The van der Waals surface area contributed by atoms with Crippen molar-refractivity contribution in [2.45, 2.75) is 25.5 Å². The van der Waals surface area contributed by atoms with Gasteiger partial charge in [-0.25, -0.2) is 4.18 Å². The van der Waals surface area contributed by atoms with Gasteiger partial charge in [0.05, 0.1) is 0 Å². The van der Waals surface area contributed by atoms with E-state index in [4.69, 9.17) is 15.0 Å². The largest absolute Gasteiger partial charge is 0.457 e. The molecule has 23 heavy (non-hydrogen) atoms. The fourth-order valence-electron chi connectivity index (χ4n) is 2.30. The SMILES string of the molecule is CCC(c1cccc(Oc2ccccc2)c1)C(N)OS(=O)(=O)O. The van der Waals surface area contributed by atoms with Crippen molar-refractivity contribution in [2.75, 3.05) is 0 Å². The predicted octanol–water partition coefficient (Wildman–Crippen LogP) is 3.08. The summed E-state index contributed by atoms with van der Waals surface area (Å²) < 4.78 is 40.6. The van der Waals surface area contributed by atoms with Crippen molar-refractivity contribution < 1.29 is 21.9 Å². The number of ether oxygens (including phenoxy) is 1. The van der Waals surface area contributed by atoms with Crippen LogP contribution in [0.3, 0.4) is 0 Å². The van der Waals surface area contributed by atoms with Gasteiger partial charge in [0.2, 0.25) is 0 Å². The summed E-state index contributed by atoms with van der Waals surface area (Å²) in [6, 6.07) is 16.4. The minimum atomic E-state index is -4.60. The van der Waals surface area contributed by atoms with Crippen LogP contribution in [-0.2, 0) is 14.6 Å². The molecule has 2 unspecified atom stereocenters. The third-order valence-electron chi connectivity index (χ3n) is 3.33. The molecule has 0 aliphatic carbocycles. The highest BCUT2D eigenvalue weighted by Gasteiger charge is 2.24. The molecule has 0 spiro atoms. The van der Waals surface area contributed by atoms with Crippen LogP contribution in [0.2, 0.25) is 0 Å². The molecule has 6 nitrogen and oxygen atoms in total. The topological polar surface area (TPSA) is 98.9 Å². The zero-order valence-corrected chi connectivity index (χ0v) is 13.4. The molecule has 2 aromatic rings. The van der Waals surface area contributed by atoms with Crippen molar-refractivity contribution in [1.29, 1.82) is 0 Å². The Hall–Kier alpha value is -1.93. The highest BCUT2D eigenvalue weighted by atomic mass is 32.3. The van der Waals surface area contributed by atoms with Crippen molar-refractivity contribution in [3.05, 3.63) is 60.2 Å². The summed E-state index contributed by atoms with van der Waals surface area (Å²) in [4.78, 5) is 0. The molecule has 0 aliphatic heterocycles. The van der Waals surface area contributed by atoms with Crippen LogP contribution < -0.4 is 10.5 Å². The standard InChI is InChI=1S/C16H19NO5S/c1-2-15(16(17)22-23(18,19)20)12-7-6-10-14(11-12)21-13-8-4-3-5-9-13/h3-11,15-16H,2,17H2,1H3,(H,18,19,20). The third kappa shape index (κ3) is 5.33. The van der Waals surface area contributed by atoms with Gasteiger partial charge in [-0.3, -0.25) is 4.55 Å². The Labute approximate surface area is 135 Å². The number of rotatable bonds is 7. The van der Waals surface area contributed by atoms with Gasteiger partial charge >= 0.3 is 10.4 Å². The van der Waals surface area contributed by atoms with Crippen molar-refractivity contribution >= 4 is 10.4 Å². The molecule has 0 heterocycles. The van der Waals surface area contributed by atoms with Crippen LogP contribution in [-0.4, -0.2) is 19.2 Å². The third-order valence-corrected chi connectivity index (χ3v) is 3.80.